The predicted octanol–water partition coefficient (Wildman–Crippen LogP) is 1.59. The zero-order chi connectivity index (χ0) is 10.8. The Morgan fingerprint density at radius 3 is 2.50 bits per heavy atom. The molecule has 0 atom stereocenters. The minimum absolute atomic E-state index is 0.228. The van der Waals surface area contributed by atoms with Crippen LogP contribution in [0.4, 0.5) is 0 Å². The fraction of sp³-hybridized carbons (Fsp3) is 0.700. The third kappa shape index (κ3) is 7.76. The molecule has 0 heterocycles. The number of carbonyl (C=O) groups excluding carboxylic acids is 1. The van der Waals surface area contributed by atoms with Gasteiger partial charge in [0.1, 0.15) is 0 Å². The topological polar surface area (TPSA) is 55.8 Å². The van der Waals surface area contributed by atoms with E-state index in [9.17, 15) is 4.79 Å². The van der Waals surface area contributed by atoms with Crippen molar-refractivity contribution >= 4 is 5.97 Å². The van der Waals surface area contributed by atoms with Crippen molar-refractivity contribution in [2.75, 3.05) is 13.2 Å². The molecule has 0 aromatic heterocycles. The average Bonchev–Trinajstić information content (AvgIpc) is 2.16. The van der Waals surface area contributed by atoms with Crippen molar-refractivity contribution in [2.24, 2.45) is 0 Å². The second-order valence-electron chi connectivity index (χ2n) is 3.11. The van der Waals surface area contributed by atoms with Crippen LogP contribution in [0.5, 0.6) is 0 Å². The van der Waals surface area contributed by atoms with Gasteiger partial charge in [-0.2, -0.15) is 4.89 Å². The SMILES string of the molecule is C=C(C)C(=O)OOCCCCCCO. The van der Waals surface area contributed by atoms with Crippen LogP contribution in [-0.2, 0) is 14.6 Å². The summed E-state index contributed by atoms with van der Waals surface area (Å²) in [7, 11) is 0. The van der Waals surface area contributed by atoms with E-state index in [1.807, 2.05) is 0 Å². The highest BCUT2D eigenvalue weighted by Gasteiger charge is 2.03. The molecule has 0 radical (unpaired) electrons. The van der Waals surface area contributed by atoms with Gasteiger partial charge in [-0.1, -0.05) is 19.4 Å². The van der Waals surface area contributed by atoms with Gasteiger partial charge >= 0.3 is 5.97 Å². The Morgan fingerprint density at radius 2 is 1.93 bits per heavy atom. The van der Waals surface area contributed by atoms with Crippen LogP contribution in [-0.4, -0.2) is 24.3 Å². The normalized spacial score (nSPS) is 9.86. The van der Waals surface area contributed by atoms with Gasteiger partial charge in [-0.15, -0.1) is 0 Å². The first-order valence-corrected chi connectivity index (χ1v) is 4.78. The van der Waals surface area contributed by atoms with Gasteiger partial charge in [0, 0.05) is 12.2 Å². The summed E-state index contributed by atoms with van der Waals surface area (Å²) in [5, 5.41) is 8.49. The minimum Gasteiger partial charge on any atom is -0.396 e. The standard InChI is InChI=1S/C10H18O4/c1-9(2)10(12)14-13-8-6-4-3-5-7-11/h11H,1,3-8H2,2H3. The van der Waals surface area contributed by atoms with Gasteiger partial charge in [-0.3, -0.25) is 4.89 Å². The maximum Gasteiger partial charge on any atom is 0.368 e. The third-order valence-electron chi connectivity index (χ3n) is 1.62. The molecule has 0 rings (SSSR count). The maximum absolute atomic E-state index is 10.8. The van der Waals surface area contributed by atoms with Crippen LogP contribution in [0.3, 0.4) is 0 Å². The Balaban J connectivity index is 3.13. The van der Waals surface area contributed by atoms with E-state index in [0.717, 1.165) is 25.7 Å². The highest BCUT2D eigenvalue weighted by atomic mass is 17.2. The van der Waals surface area contributed by atoms with Crippen molar-refractivity contribution < 1.29 is 19.7 Å². The number of hydrogen-bond acceptors (Lipinski definition) is 4. The number of rotatable bonds is 8. The highest BCUT2D eigenvalue weighted by molar-refractivity contribution is 5.86. The molecule has 0 amide bonds. The largest absolute Gasteiger partial charge is 0.396 e. The summed E-state index contributed by atoms with van der Waals surface area (Å²) in [6, 6.07) is 0. The molecular weight excluding hydrogens is 184 g/mol. The molecule has 0 bridgehead atoms. The molecule has 0 aromatic rings. The highest BCUT2D eigenvalue weighted by Crippen LogP contribution is 2.00. The lowest BCUT2D eigenvalue weighted by atomic mass is 10.2. The number of hydrogen-bond donors (Lipinski definition) is 1. The van der Waals surface area contributed by atoms with E-state index >= 15 is 0 Å². The van der Waals surface area contributed by atoms with Crippen LogP contribution in [0.25, 0.3) is 0 Å². The van der Waals surface area contributed by atoms with Gasteiger partial charge in [0.25, 0.3) is 0 Å². The molecule has 1 N–H and O–H groups in total. The van der Waals surface area contributed by atoms with Gasteiger partial charge in [0.2, 0.25) is 0 Å². The van der Waals surface area contributed by atoms with E-state index in [-0.39, 0.29) is 6.61 Å². The third-order valence-corrected chi connectivity index (χ3v) is 1.62. The first-order chi connectivity index (χ1) is 6.68. The summed E-state index contributed by atoms with van der Waals surface area (Å²) in [6.45, 7) is 5.60. The molecule has 4 nitrogen and oxygen atoms in total. The molecule has 4 heteroatoms. The van der Waals surface area contributed by atoms with Crippen LogP contribution in [0.1, 0.15) is 32.6 Å². The average molecular weight is 202 g/mol. The van der Waals surface area contributed by atoms with E-state index in [2.05, 4.69) is 16.4 Å². The first-order valence-electron chi connectivity index (χ1n) is 4.78. The zero-order valence-electron chi connectivity index (χ0n) is 8.62. The Morgan fingerprint density at radius 1 is 1.29 bits per heavy atom. The second-order valence-corrected chi connectivity index (χ2v) is 3.11. The summed E-state index contributed by atoms with van der Waals surface area (Å²) in [5.74, 6) is -0.527. The Kier molecular flexibility index (Phi) is 8.17. The molecule has 0 saturated heterocycles. The Hall–Kier alpha value is -0.870. The van der Waals surface area contributed by atoms with E-state index in [0.29, 0.717) is 12.2 Å². The fourth-order valence-corrected chi connectivity index (χ4v) is 0.793. The lowest BCUT2D eigenvalue weighted by Crippen LogP contribution is -2.06. The number of unbranched alkanes of at least 4 members (excludes halogenated alkanes) is 3. The number of carbonyl (C=O) groups is 1. The molecule has 82 valence electrons. The van der Waals surface area contributed by atoms with E-state index < -0.39 is 5.97 Å². The lowest BCUT2D eigenvalue weighted by Gasteiger charge is -2.02. The van der Waals surface area contributed by atoms with Crippen LogP contribution < -0.4 is 0 Å². The molecule has 0 spiro atoms. The van der Waals surface area contributed by atoms with Crippen molar-refractivity contribution in [3.05, 3.63) is 12.2 Å². The van der Waals surface area contributed by atoms with Crippen LogP contribution in [0.2, 0.25) is 0 Å². The van der Waals surface area contributed by atoms with E-state index in [1.54, 1.807) is 6.92 Å². The number of aliphatic hydroxyl groups is 1. The van der Waals surface area contributed by atoms with Crippen molar-refractivity contribution in [2.45, 2.75) is 32.6 Å². The smallest absolute Gasteiger partial charge is 0.368 e. The summed E-state index contributed by atoms with van der Waals surface area (Å²) < 4.78 is 0. The van der Waals surface area contributed by atoms with E-state index in [4.69, 9.17) is 5.11 Å². The molecule has 0 fully saturated rings. The summed E-state index contributed by atoms with van der Waals surface area (Å²) >= 11 is 0. The van der Waals surface area contributed by atoms with Crippen molar-refractivity contribution in [3.63, 3.8) is 0 Å². The monoisotopic (exact) mass is 202 g/mol. The maximum atomic E-state index is 10.8. The molecule has 0 saturated carbocycles. The van der Waals surface area contributed by atoms with Gasteiger partial charge in [0.05, 0.1) is 6.61 Å². The summed E-state index contributed by atoms with van der Waals surface area (Å²) in [6.07, 6.45) is 3.56. The Bertz CT molecular complexity index is 177. The van der Waals surface area contributed by atoms with Gasteiger partial charge in [0.15, 0.2) is 0 Å². The first kappa shape index (κ1) is 13.1. The van der Waals surface area contributed by atoms with Gasteiger partial charge in [-0.05, 0) is 19.8 Å². The lowest BCUT2D eigenvalue weighted by molar-refractivity contribution is -0.268. The van der Waals surface area contributed by atoms with Crippen molar-refractivity contribution in [3.8, 4) is 0 Å². The molecular formula is C10H18O4. The zero-order valence-corrected chi connectivity index (χ0v) is 8.62. The van der Waals surface area contributed by atoms with Gasteiger partial charge < -0.3 is 5.11 Å². The Labute approximate surface area is 84.4 Å². The molecule has 0 aliphatic heterocycles. The predicted molar refractivity (Wildman–Crippen MR) is 52.4 cm³/mol. The molecule has 0 aliphatic rings. The summed E-state index contributed by atoms with van der Waals surface area (Å²) in [5.41, 5.74) is 0.324. The molecule has 14 heavy (non-hydrogen) atoms. The minimum atomic E-state index is -0.527. The van der Waals surface area contributed by atoms with Crippen molar-refractivity contribution in [1.29, 1.82) is 0 Å². The van der Waals surface area contributed by atoms with Crippen molar-refractivity contribution in [1.82, 2.24) is 0 Å². The quantitative estimate of drug-likeness (QED) is 0.281. The van der Waals surface area contributed by atoms with Gasteiger partial charge in [-0.25, -0.2) is 4.79 Å². The van der Waals surface area contributed by atoms with Crippen LogP contribution in [0.15, 0.2) is 12.2 Å². The number of aliphatic hydroxyl groups excluding tert-OH is 1. The van der Waals surface area contributed by atoms with E-state index in [1.165, 1.54) is 0 Å². The molecule has 0 aromatic carbocycles. The fourth-order valence-electron chi connectivity index (χ4n) is 0.793. The van der Waals surface area contributed by atoms with Crippen LogP contribution in [0, 0.1) is 0 Å². The molecule has 0 unspecified atom stereocenters. The van der Waals surface area contributed by atoms with Crippen LogP contribution >= 0.6 is 0 Å². The molecule has 0 aliphatic carbocycles. The second kappa shape index (κ2) is 8.72. The summed E-state index contributed by atoms with van der Waals surface area (Å²) in [4.78, 5) is 19.9.